The molecule has 19 heavy (non-hydrogen) atoms. The number of aromatic amines is 1. The first-order chi connectivity index (χ1) is 9.24. The number of hydrogen-bond donors (Lipinski definition) is 2. The summed E-state index contributed by atoms with van der Waals surface area (Å²) in [6.07, 6.45) is 2.06. The predicted molar refractivity (Wildman–Crippen MR) is 71.8 cm³/mol. The summed E-state index contributed by atoms with van der Waals surface area (Å²) in [4.78, 5) is 4.44. The molecule has 0 unspecified atom stereocenters. The fourth-order valence-electron chi connectivity index (χ4n) is 2.18. The Bertz CT molecular complexity index is 548. The molecule has 100 valence electrons. The molecule has 1 aromatic carbocycles. The lowest BCUT2D eigenvalue weighted by atomic mass is 10.1. The van der Waals surface area contributed by atoms with Gasteiger partial charge in [-0.1, -0.05) is 23.7 Å². The van der Waals surface area contributed by atoms with Gasteiger partial charge >= 0.3 is 0 Å². The molecular weight excluding hydrogens is 264 g/mol. The summed E-state index contributed by atoms with van der Waals surface area (Å²) >= 11 is 5.86. The Hall–Kier alpha value is -1.43. The van der Waals surface area contributed by atoms with Crippen LogP contribution in [0.25, 0.3) is 0 Å². The van der Waals surface area contributed by atoms with E-state index in [1.165, 1.54) is 0 Å². The van der Waals surface area contributed by atoms with Gasteiger partial charge < -0.3 is 10.5 Å². The fourth-order valence-corrected chi connectivity index (χ4v) is 2.31. The fraction of sp³-hybridized carbons (Fsp3) is 0.385. The van der Waals surface area contributed by atoms with Crippen LogP contribution in [0.3, 0.4) is 0 Å². The van der Waals surface area contributed by atoms with Gasteiger partial charge in [-0.2, -0.15) is 5.10 Å². The van der Waals surface area contributed by atoms with E-state index in [9.17, 15) is 0 Å². The van der Waals surface area contributed by atoms with E-state index in [4.69, 9.17) is 22.1 Å². The molecule has 2 aromatic rings. The maximum Gasteiger partial charge on any atom is 0.171 e. The molecule has 1 aliphatic heterocycles. The van der Waals surface area contributed by atoms with E-state index in [1.54, 1.807) is 0 Å². The molecule has 1 fully saturated rings. The summed E-state index contributed by atoms with van der Waals surface area (Å²) in [5.74, 6) is 1.34. The van der Waals surface area contributed by atoms with Gasteiger partial charge in [0.2, 0.25) is 0 Å². The van der Waals surface area contributed by atoms with Crippen molar-refractivity contribution >= 4 is 11.6 Å². The van der Waals surface area contributed by atoms with Crippen molar-refractivity contribution < 1.29 is 4.74 Å². The quantitative estimate of drug-likeness (QED) is 0.903. The number of halogens is 1. The van der Waals surface area contributed by atoms with Gasteiger partial charge in [0.05, 0.1) is 6.04 Å². The van der Waals surface area contributed by atoms with E-state index in [2.05, 4.69) is 15.2 Å². The third-order valence-electron chi connectivity index (χ3n) is 3.26. The van der Waals surface area contributed by atoms with Gasteiger partial charge in [0, 0.05) is 11.6 Å². The minimum Gasteiger partial charge on any atom is -0.370 e. The van der Waals surface area contributed by atoms with Gasteiger partial charge in [-0.05, 0) is 30.5 Å². The molecule has 3 N–H and O–H groups in total. The number of nitrogens with zero attached hydrogens (tertiary/aromatic N) is 2. The number of ether oxygens (including phenoxy) is 1. The lowest BCUT2D eigenvalue weighted by Crippen LogP contribution is -2.13. The van der Waals surface area contributed by atoms with Crippen LogP contribution in [0, 0.1) is 0 Å². The maximum atomic E-state index is 6.15. The minimum absolute atomic E-state index is 0.0265. The predicted octanol–water partition coefficient (Wildman–Crippen LogP) is 2.36. The molecule has 0 aliphatic carbocycles. The number of rotatable bonds is 3. The first-order valence-electron chi connectivity index (χ1n) is 6.29. The van der Waals surface area contributed by atoms with E-state index in [-0.39, 0.29) is 12.1 Å². The van der Waals surface area contributed by atoms with Crippen LogP contribution in [-0.4, -0.2) is 21.8 Å². The molecule has 3 rings (SSSR count). The number of hydrogen-bond acceptors (Lipinski definition) is 4. The Morgan fingerprint density at radius 3 is 2.84 bits per heavy atom. The van der Waals surface area contributed by atoms with E-state index < -0.39 is 0 Å². The molecule has 0 amide bonds. The van der Waals surface area contributed by atoms with Crippen molar-refractivity contribution in [3.63, 3.8) is 0 Å². The number of nitrogens with one attached hydrogen (secondary N) is 1. The smallest absolute Gasteiger partial charge is 0.171 e. The number of nitrogens with two attached hydrogens (primary N) is 1. The van der Waals surface area contributed by atoms with Crippen molar-refractivity contribution in [1.29, 1.82) is 0 Å². The molecule has 1 aromatic heterocycles. The lowest BCUT2D eigenvalue weighted by molar-refractivity contribution is 0.105. The molecular formula is C13H15ClN4O. The Morgan fingerprint density at radius 2 is 2.16 bits per heavy atom. The largest absolute Gasteiger partial charge is 0.370 e. The van der Waals surface area contributed by atoms with Crippen LogP contribution in [0.5, 0.6) is 0 Å². The molecule has 2 heterocycles. The van der Waals surface area contributed by atoms with Gasteiger partial charge in [-0.15, -0.1) is 0 Å². The van der Waals surface area contributed by atoms with Crippen molar-refractivity contribution in [3.05, 3.63) is 46.5 Å². The highest BCUT2D eigenvalue weighted by Crippen LogP contribution is 2.27. The van der Waals surface area contributed by atoms with Gasteiger partial charge in [0.25, 0.3) is 0 Å². The van der Waals surface area contributed by atoms with Crippen LogP contribution in [0.4, 0.5) is 0 Å². The van der Waals surface area contributed by atoms with E-state index >= 15 is 0 Å². The van der Waals surface area contributed by atoms with Crippen molar-refractivity contribution in [2.24, 2.45) is 5.73 Å². The van der Waals surface area contributed by atoms with Gasteiger partial charge in [0.15, 0.2) is 11.6 Å². The monoisotopic (exact) mass is 278 g/mol. The summed E-state index contributed by atoms with van der Waals surface area (Å²) in [5, 5.41) is 7.79. The summed E-state index contributed by atoms with van der Waals surface area (Å²) in [5.41, 5.74) is 7.08. The normalized spacial score (nSPS) is 20.6. The number of benzene rings is 1. The van der Waals surface area contributed by atoms with Crippen LogP contribution in [0.1, 0.15) is 42.2 Å². The Labute approximate surface area is 116 Å². The van der Waals surface area contributed by atoms with E-state index in [1.807, 2.05) is 24.3 Å². The second-order valence-electron chi connectivity index (χ2n) is 4.61. The first-order valence-corrected chi connectivity index (χ1v) is 6.66. The maximum absolute atomic E-state index is 6.15. The van der Waals surface area contributed by atoms with Gasteiger partial charge in [-0.3, -0.25) is 5.10 Å². The van der Waals surface area contributed by atoms with Crippen LogP contribution in [-0.2, 0) is 4.74 Å². The molecule has 1 saturated heterocycles. The highest BCUT2D eigenvalue weighted by molar-refractivity contribution is 6.30. The molecule has 0 bridgehead atoms. The molecule has 0 radical (unpaired) electrons. The van der Waals surface area contributed by atoms with Crippen molar-refractivity contribution in [2.45, 2.75) is 25.0 Å². The van der Waals surface area contributed by atoms with Crippen molar-refractivity contribution in [1.82, 2.24) is 15.2 Å². The van der Waals surface area contributed by atoms with Gasteiger partial charge in [0.1, 0.15) is 6.10 Å². The summed E-state index contributed by atoms with van der Waals surface area (Å²) < 4.78 is 5.56. The standard InChI is InChI=1S/C13H15ClN4O/c14-9-5-3-8(4-6-9)11(15)13-16-12(17-18-13)10-2-1-7-19-10/h3-6,10-11H,1-2,7,15H2,(H,16,17,18)/t10-,11-/m0/s1. The Kier molecular flexibility index (Phi) is 3.50. The average Bonchev–Trinajstić information content (AvgIpc) is 3.10. The zero-order chi connectivity index (χ0) is 13.2. The molecule has 1 aliphatic rings. The molecule has 2 atom stereocenters. The van der Waals surface area contributed by atoms with E-state index in [0.717, 1.165) is 30.8 Å². The highest BCUT2D eigenvalue weighted by Gasteiger charge is 2.23. The summed E-state index contributed by atoms with van der Waals surface area (Å²) in [6, 6.07) is 7.03. The number of aromatic nitrogens is 3. The van der Waals surface area contributed by atoms with Gasteiger partial charge in [-0.25, -0.2) is 4.98 Å². The zero-order valence-corrected chi connectivity index (χ0v) is 11.1. The van der Waals surface area contributed by atoms with E-state index in [0.29, 0.717) is 10.8 Å². The molecule has 0 spiro atoms. The second kappa shape index (κ2) is 5.28. The van der Waals surface area contributed by atoms with Crippen LogP contribution < -0.4 is 5.73 Å². The van der Waals surface area contributed by atoms with Crippen LogP contribution in [0.2, 0.25) is 5.02 Å². The minimum atomic E-state index is -0.358. The third-order valence-corrected chi connectivity index (χ3v) is 3.51. The summed E-state index contributed by atoms with van der Waals surface area (Å²) in [7, 11) is 0. The Balaban J connectivity index is 1.79. The first kappa shape index (κ1) is 12.6. The number of H-pyrrole nitrogens is 1. The van der Waals surface area contributed by atoms with Crippen molar-refractivity contribution in [2.75, 3.05) is 6.61 Å². The van der Waals surface area contributed by atoms with Crippen molar-refractivity contribution in [3.8, 4) is 0 Å². The molecule has 5 nitrogen and oxygen atoms in total. The second-order valence-corrected chi connectivity index (χ2v) is 5.05. The summed E-state index contributed by atoms with van der Waals surface area (Å²) in [6.45, 7) is 0.782. The molecule has 6 heteroatoms. The average molecular weight is 279 g/mol. The Morgan fingerprint density at radius 1 is 1.37 bits per heavy atom. The third kappa shape index (κ3) is 2.63. The lowest BCUT2D eigenvalue weighted by Gasteiger charge is -2.08. The van der Waals surface area contributed by atoms with Crippen LogP contribution >= 0.6 is 11.6 Å². The molecule has 0 saturated carbocycles. The van der Waals surface area contributed by atoms with Crippen LogP contribution in [0.15, 0.2) is 24.3 Å². The topological polar surface area (TPSA) is 76.8 Å². The SMILES string of the molecule is N[C@@H](c1ccc(Cl)cc1)c1n[nH]c([C@@H]2CCCO2)n1. The highest BCUT2D eigenvalue weighted by atomic mass is 35.5. The zero-order valence-electron chi connectivity index (χ0n) is 10.3.